The predicted molar refractivity (Wildman–Crippen MR) is 130 cm³/mol. The van der Waals surface area contributed by atoms with E-state index in [2.05, 4.69) is 38.8 Å². The van der Waals surface area contributed by atoms with Gasteiger partial charge in [-0.1, -0.05) is 45.0 Å². The van der Waals surface area contributed by atoms with E-state index in [0.717, 1.165) is 5.56 Å². The van der Waals surface area contributed by atoms with Crippen LogP contribution in [0.25, 0.3) is 11.0 Å². The molecule has 0 bridgehead atoms. The Balaban J connectivity index is 1.89. The van der Waals surface area contributed by atoms with Crippen molar-refractivity contribution in [1.29, 1.82) is 0 Å². The van der Waals surface area contributed by atoms with Gasteiger partial charge >= 0.3 is 5.97 Å². The first-order chi connectivity index (χ1) is 15.5. The van der Waals surface area contributed by atoms with E-state index >= 15 is 0 Å². The van der Waals surface area contributed by atoms with Crippen molar-refractivity contribution >= 4 is 31.1 Å². The fourth-order valence-corrected chi connectivity index (χ4v) is 4.08. The maximum absolute atomic E-state index is 13.3. The molecule has 33 heavy (non-hydrogen) atoms. The SMILES string of the molecule is COC(=O)Cn1c(C(=O)c2ccc(CO[Si](C)(C)C(C)(C)C)cc2)nc2ccc(OC)cc21. The molecule has 1 heterocycles. The van der Waals surface area contributed by atoms with E-state index in [0.29, 0.717) is 29.0 Å². The van der Waals surface area contributed by atoms with Gasteiger partial charge in [-0.05, 0) is 35.8 Å². The summed E-state index contributed by atoms with van der Waals surface area (Å²) in [4.78, 5) is 29.9. The van der Waals surface area contributed by atoms with Crippen LogP contribution in [0.5, 0.6) is 5.75 Å². The van der Waals surface area contributed by atoms with Gasteiger partial charge in [-0.2, -0.15) is 0 Å². The minimum Gasteiger partial charge on any atom is -0.497 e. The van der Waals surface area contributed by atoms with E-state index in [4.69, 9.17) is 13.9 Å². The number of hydrogen-bond donors (Lipinski definition) is 0. The Morgan fingerprint density at radius 1 is 1.03 bits per heavy atom. The van der Waals surface area contributed by atoms with Gasteiger partial charge in [0.05, 0.1) is 31.9 Å². The van der Waals surface area contributed by atoms with Gasteiger partial charge in [-0.3, -0.25) is 9.59 Å². The highest BCUT2D eigenvalue weighted by Crippen LogP contribution is 2.37. The van der Waals surface area contributed by atoms with E-state index in [1.807, 2.05) is 12.1 Å². The average molecular weight is 469 g/mol. The molecule has 0 amide bonds. The lowest BCUT2D eigenvalue weighted by Crippen LogP contribution is -2.40. The number of carbonyl (C=O) groups is 2. The molecule has 0 N–H and O–H groups in total. The maximum Gasteiger partial charge on any atom is 0.325 e. The molecule has 0 unspecified atom stereocenters. The van der Waals surface area contributed by atoms with E-state index in [1.54, 1.807) is 42.0 Å². The summed E-state index contributed by atoms with van der Waals surface area (Å²) in [5, 5.41) is 0.129. The second-order valence-corrected chi connectivity index (χ2v) is 14.3. The number of esters is 1. The predicted octanol–water partition coefficient (Wildman–Crippen LogP) is 4.97. The third-order valence-electron chi connectivity index (χ3n) is 6.30. The van der Waals surface area contributed by atoms with Crippen LogP contribution < -0.4 is 4.74 Å². The lowest BCUT2D eigenvalue weighted by atomic mass is 10.1. The molecule has 1 aromatic heterocycles. The number of fused-ring (bicyclic) bond motifs is 1. The van der Waals surface area contributed by atoms with Crippen molar-refractivity contribution < 1.29 is 23.5 Å². The number of ketones is 1. The first kappa shape index (κ1) is 24.7. The number of imidazole rings is 1. The molecule has 8 heteroatoms. The molecule has 3 aromatic rings. The standard InChI is InChI=1S/C25H32N2O5Si/c1-25(2,3)33(6,7)32-16-17-8-10-18(11-9-17)23(29)24-26-20-13-12-19(30-4)14-21(20)27(24)15-22(28)31-5/h8-14H,15-16H2,1-7H3. The number of carbonyl (C=O) groups excluding carboxylic acids is 2. The quantitative estimate of drug-likeness (QED) is 0.264. The van der Waals surface area contributed by atoms with Crippen molar-refractivity contribution in [3.8, 4) is 5.75 Å². The largest absolute Gasteiger partial charge is 0.497 e. The van der Waals surface area contributed by atoms with Crippen LogP contribution in [0.2, 0.25) is 18.1 Å². The zero-order valence-electron chi connectivity index (χ0n) is 20.4. The average Bonchev–Trinajstić information content (AvgIpc) is 3.14. The molecule has 2 aromatic carbocycles. The van der Waals surface area contributed by atoms with Crippen LogP contribution in [0, 0.1) is 0 Å². The summed E-state index contributed by atoms with van der Waals surface area (Å²) in [6.07, 6.45) is 0. The third-order valence-corrected chi connectivity index (χ3v) is 10.8. The number of methoxy groups -OCH3 is 2. The molecule has 0 aliphatic carbocycles. The third kappa shape index (κ3) is 5.34. The molecule has 7 nitrogen and oxygen atoms in total. The molecular formula is C25H32N2O5Si. The minimum absolute atomic E-state index is 0.125. The zero-order chi connectivity index (χ0) is 24.4. The molecule has 0 fully saturated rings. The highest BCUT2D eigenvalue weighted by molar-refractivity contribution is 6.74. The molecule has 0 radical (unpaired) electrons. The number of benzene rings is 2. The summed E-state index contributed by atoms with van der Waals surface area (Å²) in [6.45, 7) is 11.4. The molecule has 0 saturated heterocycles. The monoisotopic (exact) mass is 468 g/mol. The van der Waals surface area contributed by atoms with Gasteiger partial charge in [0.25, 0.3) is 0 Å². The summed E-state index contributed by atoms with van der Waals surface area (Å²) in [5.41, 5.74) is 2.72. The van der Waals surface area contributed by atoms with Crippen molar-refractivity contribution in [2.24, 2.45) is 0 Å². The lowest BCUT2D eigenvalue weighted by molar-refractivity contribution is -0.141. The van der Waals surface area contributed by atoms with Crippen LogP contribution in [0.4, 0.5) is 0 Å². The van der Waals surface area contributed by atoms with Gasteiger partial charge < -0.3 is 18.5 Å². The molecule has 0 spiro atoms. The van der Waals surface area contributed by atoms with Crippen LogP contribution >= 0.6 is 0 Å². The van der Waals surface area contributed by atoms with Crippen molar-refractivity contribution in [2.75, 3.05) is 14.2 Å². The summed E-state index contributed by atoms with van der Waals surface area (Å²) in [5.74, 6) is 0.0442. The Morgan fingerprint density at radius 3 is 2.27 bits per heavy atom. The summed E-state index contributed by atoms with van der Waals surface area (Å²) in [7, 11) is 1.01. The maximum atomic E-state index is 13.3. The first-order valence-corrected chi connectivity index (χ1v) is 13.8. The zero-order valence-corrected chi connectivity index (χ0v) is 21.4. The molecule has 176 valence electrons. The highest BCUT2D eigenvalue weighted by Gasteiger charge is 2.37. The minimum atomic E-state index is -1.86. The van der Waals surface area contributed by atoms with E-state index < -0.39 is 14.3 Å². The summed E-state index contributed by atoms with van der Waals surface area (Å²) < 4.78 is 18.0. The highest BCUT2D eigenvalue weighted by atomic mass is 28.4. The number of aromatic nitrogens is 2. The van der Waals surface area contributed by atoms with Gasteiger partial charge in [0.1, 0.15) is 12.3 Å². The van der Waals surface area contributed by atoms with Gasteiger partial charge in [-0.15, -0.1) is 0 Å². The molecular weight excluding hydrogens is 436 g/mol. The van der Waals surface area contributed by atoms with Crippen molar-refractivity contribution in [2.45, 2.75) is 52.1 Å². The Kier molecular flexibility index (Phi) is 7.09. The number of ether oxygens (including phenoxy) is 2. The van der Waals surface area contributed by atoms with Gasteiger partial charge in [-0.25, -0.2) is 4.98 Å². The van der Waals surface area contributed by atoms with E-state index in [1.165, 1.54) is 7.11 Å². The van der Waals surface area contributed by atoms with E-state index in [9.17, 15) is 9.59 Å². The Morgan fingerprint density at radius 2 is 1.70 bits per heavy atom. The van der Waals surface area contributed by atoms with Crippen molar-refractivity contribution in [1.82, 2.24) is 9.55 Å². The number of nitrogens with zero attached hydrogens (tertiary/aromatic N) is 2. The van der Waals surface area contributed by atoms with Crippen LogP contribution in [-0.2, 0) is 27.1 Å². The van der Waals surface area contributed by atoms with Gasteiger partial charge in [0.15, 0.2) is 14.1 Å². The Hall–Kier alpha value is -2.97. The van der Waals surface area contributed by atoms with E-state index in [-0.39, 0.29) is 23.2 Å². The molecule has 3 rings (SSSR count). The molecule has 0 aliphatic rings. The Bertz CT molecular complexity index is 1160. The van der Waals surface area contributed by atoms with Gasteiger partial charge in [0, 0.05) is 11.6 Å². The second kappa shape index (κ2) is 9.49. The topological polar surface area (TPSA) is 79.7 Å². The fourth-order valence-electron chi connectivity index (χ4n) is 3.12. The first-order valence-electron chi connectivity index (χ1n) is 10.9. The Labute approximate surface area is 195 Å². The normalized spacial score (nSPS) is 12.1. The van der Waals surface area contributed by atoms with Crippen LogP contribution in [0.1, 0.15) is 42.5 Å². The summed E-state index contributed by atoms with van der Waals surface area (Å²) >= 11 is 0. The number of rotatable bonds is 8. The summed E-state index contributed by atoms with van der Waals surface area (Å²) in [6, 6.07) is 12.6. The molecule has 0 aliphatic heterocycles. The van der Waals surface area contributed by atoms with Crippen molar-refractivity contribution in [3.63, 3.8) is 0 Å². The molecule has 0 atom stereocenters. The van der Waals surface area contributed by atoms with Crippen LogP contribution in [0.15, 0.2) is 42.5 Å². The van der Waals surface area contributed by atoms with Crippen molar-refractivity contribution in [3.05, 3.63) is 59.4 Å². The fraction of sp³-hybridized carbons (Fsp3) is 0.400. The molecule has 0 saturated carbocycles. The van der Waals surface area contributed by atoms with Crippen LogP contribution in [0.3, 0.4) is 0 Å². The smallest absolute Gasteiger partial charge is 0.325 e. The number of hydrogen-bond acceptors (Lipinski definition) is 6. The second-order valence-electron chi connectivity index (χ2n) is 9.53. The van der Waals surface area contributed by atoms with Crippen LogP contribution in [-0.4, -0.2) is 43.8 Å². The van der Waals surface area contributed by atoms with Gasteiger partial charge in [0.2, 0.25) is 5.78 Å². The lowest BCUT2D eigenvalue weighted by Gasteiger charge is -2.36.